The Labute approximate surface area is 81.7 Å². The van der Waals surface area contributed by atoms with E-state index in [1.165, 1.54) is 0 Å². The van der Waals surface area contributed by atoms with Gasteiger partial charge in [0.05, 0.1) is 6.04 Å². The molecule has 0 aliphatic carbocycles. The lowest BCUT2D eigenvalue weighted by molar-refractivity contribution is 0.235. The molecule has 7 heteroatoms. The second-order valence-electron chi connectivity index (χ2n) is 3.26. The quantitative estimate of drug-likeness (QED) is 0.635. The van der Waals surface area contributed by atoms with Crippen LogP contribution in [-0.2, 0) is 0 Å². The summed E-state index contributed by atoms with van der Waals surface area (Å²) in [4.78, 5) is 11.3. The maximum atomic E-state index is 11.3. The molecule has 1 rings (SSSR count). The molecule has 1 aromatic heterocycles. The van der Waals surface area contributed by atoms with Crippen LogP contribution in [0.5, 0.6) is 0 Å². The van der Waals surface area contributed by atoms with Crippen LogP contribution in [0, 0.1) is 0 Å². The zero-order valence-electron chi connectivity index (χ0n) is 8.40. The average molecular weight is 198 g/mol. The van der Waals surface area contributed by atoms with Gasteiger partial charge < -0.3 is 10.6 Å². The molecule has 0 spiro atoms. The molecular formula is C7H14N6O. The van der Waals surface area contributed by atoms with E-state index in [1.807, 2.05) is 13.8 Å². The fourth-order valence-corrected chi connectivity index (χ4v) is 0.918. The van der Waals surface area contributed by atoms with Crippen LogP contribution in [0.25, 0.3) is 0 Å². The summed E-state index contributed by atoms with van der Waals surface area (Å²) in [7, 11) is 0. The summed E-state index contributed by atoms with van der Waals surface area (Å²) in [6.07, 6.45) is 0. The number of aromatic amines is 1. The molecular weight excluding hydrogens is 184 g/mol. The minimum Gasteiger partial charge on any atom is -0.336 e. The number of carbonyl (C=O) groups is 1. The Kier molecular flexibility index (Phi) is 3.38. The van der Waals surface area contributed by atoms with Gasteiger partial charge in [-0.15, -0.1) is 10.2 Å². The minimum atomic E-state index is -0.257. The Bertz CT molecular complexity index is 282. The van der Waals surface area contributed by atoms with E-state index in [1.54, 1.807) is 6.92 Å². The van der Waals surface area contributed by atoms with Crippen molar-refractivity contribution in [1.29, 1.82) is 0 Å². The molecule has 78 valence electrons. The molecule has 1 heterocycles. The summed E-state index contributed by atoms with van der Waals surface area (Å²) in [6.45, 7) is 5.56. The molecule has 14 heavy (non-hydrogen) atoms. The van der Waals surface area contributed by atoms with Gasteiger partial charge in [-0.05, 0) is 20.8 Å². The summed E-state index contributed by atoms with van der Waals surface area (Å²) in [5.74, 6) is 0.462. The molecule has 1 unspecified atom stereocenters. The van der Waals surface area contributed by atoms with Gasteiger partial charge in [0.2, 0.25) is 0 Å². The number of H-pyrrole nitrogens is 1. The van der Waals surface area contributed by atoms with Gasteiger partial charge in [-0.2, -0.15) is 5.21 Å². The van der Waals surface area contributed by atoms with Crippen molar-refractivity contribution in [2.75, 3.05) is 0 Å². The lowest BCUT2D eigenvalue weighted by Gasteiger charge is -2.13. The van der Waals surface area contributed by atoms with Gasteiger partial charge in [0.15, 0.2) is 5.82 Å². The van der Waals surface area contributed by atoms with Crippen molar-refractivity contribution in [3.63, 3.8) is 0 Å². The highest BCUT2D eigenvalue weighted by atomic mass is 16.2. The van der Waals surface area contributed by atoms with Crippen molar-refractivity contribution in [1.82, 2.24) is 31.3 Å². The smallest absolute Gasteiger partial charge is 0.315 e. The van der Waals surface area contributed by atoms with E-state index < -0.39 is 0 Å². The number of hydrogen-bond acceptors (Lipinski definition) is 4. The molecule has 7 nitrogen and oxygen atoms in total. The average Bonchev–Trinajstić information content (AvgIpc) is 2.53. The molecule has 0 saturated heterocycles. The molecule has 3 N–H and O–H groups in total. The zero-order chi connectivity index (χ0) is 10.6. The van der Waals surface area contributed by atoms with Crippen LogP contribution in [-0.4, -0.2) is 32.7 Å². The Morgan fingerprint density at radius 2 is 2.07 bits per heavy atom. The topological polar surface area (TPSA) is 95.6 Å². The van der Waals surface area contributed by atoms with Gasteiger partial charge in [0, 0.05) is 6.04 Å². The molecule has 0 bridgehead atoms. The normalized spacial score (nSPS) is 12.6. The van der Waals surface area contributed by atoms with Crippen LogP contribution in [0.15, 0.2) is 0 Å². The van der Waals surface area contributed by atoms with Gasteiger partial charge in [-0.1, -0.05) is 5.21 Å². The lowest BCUT2D eigenvalue weighted by Crippen LogP contribution is -2.40. The van der Waals surface area contributed by atoms with Gasteiger partial charge in [0.1, 0.15) is 0 Å². The van der Waals surface area contributed by atoms with Crippen molar-refractivity contribution >= 4 is 6.03 Å². The monoisotopic (exact) mass is 198 g/mol. The third-order valence-electron chi connectivity index (χ3n) is 1.52. The Balaban J connectivity index is 2.41. The first kappa shape index (κ1) is 10.4. The third-order valence-corrected chi connectivity index (χ3v) is 1.52. The summed E-state index contributed by atoms with van der Waals surface area (Å²) in [6, 6.07) is -0.391. The summed E-state index contributed by atoms with van der Waals surface area (Å²) in [5, 5.41) is 18.6. The van der Waals surface area contributed by atoms with Crippen LogP contribution in [0.3, 0.4) is 0 Å². The highest BCUT2D eigenvalue weighted by molar-refractivity contribution is 5.74. The zero-order valence-corrected chi connectivity index (χ0v) is 8.40. The largest absolute Gasteiger partial charge is 0.336 e. The van der Waals surface area contributed by atoms with E-state index in [4.69, 9.17) is 0 Å². The Morgan fingerprint density at radius 3 is 2.57 bits per heavy atom. The van der Waals surface area contributed by atoms with Crippen LogP contribution in [0.4, 0.5) is 4.79 Å². The highest BCUT2D eigenvalue weighted by Crippen LogP contribution is 2.01. The molecule has 1 atom stereocenters. The molecule has 0 fully saturated rings. The fraction of sp³-hybridized carbons (Fsp3) is 0.714. The van der Waals surface area contributed by atoms with E-state index in [9.17, 15) is 4.79 Å². The van der Waals surface area contributed by atoms with Crippen molar-refractivity contribution in [2.45, 2.75) is 32.9 Å². The third kappa shape index (κ3) is 3.00. The second kappa shape index (κ2) is 4.54. The SMILES string of the molecule is CC(C)NC(=O)NC(C)c1nn[nH]n1. The van der Waals surface area contributed by atoms with E-state index in [0.717, 1.165) is 0 Å². The van der Waals surface area contributed by atoms with E-state index in [-0.39, 0.29) is 18.1 Å². The maximum Gasteiger partial charge on any atom is 0.315 e. The first-order chi connectivity index (χ1) is 6.59. The van der Waals surface area contributed by atoms with Crippen molar-refractivity contribution in [2.24, 2.45) is 0 Å². The van der Waals surface area contributed by atoms with E-state index >= 15 is 0 Å². The van der Waals surface area contributed by atoms with Gasteiger partial charge in [0.25, 0.3) is 0 Å². The predicted octanol–water partition coefficient (Wildman–Crippen LogP) is -0.0317. The molecule has 2 amide bonds. The molecule has 0 radical (unpaired) electrons. The van der Waals surface area contributed by atoms with Crippen LogP contribution in [0.2, 0.25) is 0 Å². The molecule has 0 aromatic carbocycles. The summed E-state index contributed by atoms with van der Waals surface area (Å²) in [5.41, 5.74) is 0. The number of urea groups is 1. The summed E-state index contributed by atoms with van der Waals surface area (Å²) < 4.78 is 0. The molecule has 0 aliphatic heterocycles. The van der Waals surface area contributed by atoms with Crippen molar-refractivity contribution in [3.8, 4) is 0 Å². The second-order valence-corrected chi connectivity index (χ2v) is 3.26. The van der Waals surface area contributed by atoms with Gasteiger partial charge in [-0.3, -0.25) is 0 Å². The van der Waals surface area contributed by atoms with E-state index in [0.29, 0.717) is 5.82 Å². The number of nitrogens with zero attached hydrogens (tertiary/aromatic N) is 3. The van der Waals surface area contributed by atoms with Gasteiger partial charge in [-0.25, -0.2) is 4.79 Å². The van der Waals surface area contributed by atoms with E-state index in [2.05, 4.69) is 31.3 Å². The number of nitrogens with one attached hydrogen (secondary N) is 3. The molecule has 0 saturated carbocycles. The predicted molar refractivity (Wildman–Crippen MR) is 49.4 cm³/mol. The molecule has 0 aliphatic rings. The molecule has 1 aromatic rings. The first-order valence-electron chi connectivity index (χ1n) is 4.40. The highest BCUT2D eigenvalue weighted by Gasteiger charge is 2.13. The number of aromatic nitrogens is 4. The number of hydrogen-bond donors (Lipinski definition) is 3. The number of rotatable bonds is 3. The maximum absolute atomic E-state index is 11.3. The lowest BCUT2D eigenvalue weighted by atomic mass is 10.3. The van der Waals surface area contributed by atoms with Crippen LogP contribution in [0.1, 0.15) is 32.6 Å². The van der Waals surface area contributed by atoms with Gasteiger partial charge >= 0.3 is 6.03 Å². The minimum absolute atomic E-state index is 0.104. The standard InChI is InChI=1S/C7H14N6O/c1-4(2)8-7(14)9-5(3)6-10-12-13-11-6/h4-5H,1-3H3,(H2,8,9,14)(H,10,11,12,13). The fourth-order valence-electron chi connectivity index (χ4n) is 0.918. The number of amides is 2. The number of tetrazole rings is 1. The Morgan fingerprint density at radius 1 is 1.36 bits per heavy atom. The summed E-state index contributed by atoms with van der Waals surface area (Å²) >= 11 is 0. The Hall–Kier alpha value is -1.66. The van der Waals surface area contributed by atoms with Crippen molar-refractivity contribution < 1.29 is 4.79 Å². The van der Waals surface area contributed by atoms with Crippen LogP contribution < -0.4 is 10.6 Å². The van der Waals surface area contributed by atoms with Crippen molar-refractivity contribution in [3.05, 3.63) is 5.82 Å². The first-order valence-corrected chi connectivity index (χ1v) is 4.40. The number of carbonyl (C=O) groups excluding carboxylic acids is 1. The van der Waals surface area contributed by atoms with Crippen LogP contribution >= 0.6 is 0 Å².